The Morgan fingerprint density at radius 3 is 2.82 bits per heavy atom. The molecule has 0 radical (unpaired) electrons. The molecule has 5 rings (SSSR count). The number of aliphatic hydroxyl groups is 1. The Kier molecular flexibility index (Phi) is 6.34. The molecule has 8 heteroatoms. The number of amides is 2. The third kappa shape index (κ3) is 4.56. The minimum Gasteiger partial charge on any atom is -0.484 e. The first-order valence-corrected chi connectivity index (χ1v) is 12.4. The average Bonchev–Trinajstić information content (AvgIpc) is 2.85. The maximum Gasteiger partial charge on any atom is 0.339 e. The van der Waals surface area contributed by atoms with Gasteiger partial charge >= 0.3 is 5.63 Å². The standard InChI is InChI=1S/C26H32N2O6/c29-23(27-14-24(30)28-12-11-26(32)10-4-3-5-17(26)15-28)16-33-18-8-9-20-19-6-1-2-7-21(19)25(31)34-22(20)13-18/h8-9,13,17,32H,1-7,10-12,14-16H2,(H,27,29)/t17-,26-/m1/s1. The Bertz CT molecular complexity index is 1160. The number of benzene rings is 1. The van der Waals surface area contributed by atoms with Crippen molar-refractivity contribution in [1.29, 1.82) is 0 Å². The van der Waals surface area contributed by atoms with E-state index < -0.39 is 11.5 Å². The van der Waals surface area contributed by atoms with Crippen molar-refractivity contribution in [3.05, 3.63) is 39.7 Å². The number of carbonyl (C=O) groups excluding carboxylic acids is 2. The van der Waals surface area contributed by atoms with E-state index in [4.69, 9.17) is 9.15 Å². The van der Waals surface area contributed by atoms with Gasteiger partial charge in [0.2, 0.25) is 5.91 Å². The van der Waals surface area contributed by atoms with Gasteiger partial charge in [0, 0.05) is 36.0 Å². The smallest absolute Gasteiger partial charge is 0.339 e. The Labute approximate surface area is 198 Å². The van der Waals surface area contributed by atoms with Crippen LogP contribution in [0.5, 0.6) is 5.75 Å². The lowest BCUT2D eigenvalue weighted by atomic mass is 9.71. The second kappa shape index (κ2) is 9.41. The molecule has 2 N–H and O–H groups in total. The summed E-state index contributed by atoms with van der Waals surface area (Å²) in [7, 11) is 0. The van der Waals surface area contributed by atoms with Gasteiger partial charge in [0.25, 0.3) is 5.91 Å². The number of fused-ring (bicyclic) bond motifs is 4. The summed E-state index contributed by atoms with van der Waals surface area (Å²) in [5.74, 6) is 0.0156. The molecular formula is C26H32N2O6. The molecule has 2 fully saturated rings. The van der Waals surface area contributed by atoms with Crippen LogP contribution >= 0.6 is 0 Å². The Morgan fingerprint density at radius 1 is 1.15 bits per heavy atom. The number of hydrogen-bond donors (Lipinski definition) is 2. The summed E-state index contributed by atoms with van der Waals surface area (Å²) >= 11 is 0. The van der Waals surface area contributed by atoms with Crippen LogP contribution < -0.4 is 15.7 Å². The molecule has 2 aliphatic carbocycles. The quantitative estimate of drug-likeness (QED) is 0.652. The Balaban J connectivity index is 1.14. The molecular weight excluding hydrogens is 436 g/mol. The number of hydrogen-bond acceptors (Lipinski definition) is 6. The van der Waals surface area contributed by atoms with Crippen LogP contribution in [-0.4, -0.2) is 53.7 Å². The van der Waals surface area contributed by atoms with Crippen molar-refractivity contribution in [3.8, 4) is 5.75 Å². The Morgan fingerprint density at radius 2 is 1.97 bits per heavy atom. The van der Waals surface area contributed by atoms with Crippen LogP contribution in [0.4, 0.5) is 0 Å². The first kappa shape index (κ1) is 22.9. The normalized spacial score (nSPS) is 24.3. The summed E-state index contributed by atoms with van der Waals surface area (Å²) in [6.45, 7) is 0.736. The number of aryl methyl sites for hydroxylation is 1. The summed E-state index contributed by atoms with van der Waals surface area (Å²) in [6, 6.07) is 5.29. The van der Waals surface area contributed by atoms with Gasteiger partial charge in [0.05, 0.1) is 12.1 Å². The highest BCUT2D eigenvalue weighted by Crippen LogP contribution is 2.39. The van der Waals surface area contributed by atoms with Gasteiger partial charge in [0.15, 0.2) is 6.61 Å². The summed E-state index contributed by atoms with van der Waals surface area (Å²) in [5.41, 5.74) is 1.37. The number of ether oxygens (including phenoxy) is 1. The largest absolute Gasteiger partial charge is 0.484 e. The van der Waals surface area contributed by atoms with Crippen LogP contribution in [0.2, 0.25) is 0 Å². The molecule has 0 spiro atoms. The highest BCUT2D eigenvalue weighted by Gasteiger charge is 2.43. The third-order valence-corrected chi connectivity index (χ3v) is 7.78. The Hall–Kier alpha value is -2.87. The van der Waals surface area contributed by atoms with Crippen molar-refractivity contribution in [3.63, 3.8) is 0 Å². The van der Waals surface area contributed by atoms with Crippen LogP contribution in [-0.2, 0) is 22.4 Å². The number of carbonyl (C=O) groups is 2. The highest BCUT2D eigenvalue weighted by molar-refractivity contribution is 5.86. The fourth-order valence-corrected chi connectivity index (χ4v) is 5.80. The van der Waals surface area contributed by atoms with E-state index in [2.05, 4.69) is 5.32 Å². The first-order valence-electron chi connectivity index (χ1n) is 12.4. The molecule has 0 bridgehead atoms. The van der Waals surface area contributed by atoms with Gasteiger partial charge in [-0.2, -0.15) is 0 Å². The predicted molar refractivity (Wildman–Crippen MR) is 126 cm³/mol. The van der Waals surface area contributed by atoms with E-state index in [1.165, 1.54) is 0 Å². The lowest BCUT2D eigenvalue weighted by molar-refractivity contribution is -0.143. The molecule has 1 aromatic heterocycles. The molecule has 0 unspecified atom stereocenters. The second-order valence-electron chi connectivity index (χ2n) is 9.91. The van der Waals surface area contributed by atoms with E-state index in [0.29, 0.717) is 30.8 Å². The van der Waals surface area contributed by atoms with Gasteiger partial charge in [-0.3, -0.25) is 9.59 Å². The van der Waals surface area contributed by atoms with Crippen LogP contribution in [0.3, 0.4) is 0 Å². The molecule has 2 atom stereocenters. The van der Waals surface area contributed by atoms with Crippen molar-refractivity contribution in [2.75, 3.05) is 26.2 Å². The van der Waals surface area contributed by atoms with E-state index in [1.807, 2.05) is 6.07 Å². The molecule has 2 aromatic rings. The van der Waals surface area contributed by atoms with Crippen LogP contribution in [0.25, 0.3) is 11.0 Å². The van der Waals surface area contributed by atoms with Gasteiger partial charge in [0.1, 0.15) is 11.3 Å². The summed E-state index contributed by atoms with van der Waals surface area (Å²) < 4.78 is 11.1. The zero-order valence-corrected chi connectivity index (χ0v) is 19.4. The molecule has 1 saturated heterocycles. The maximum absolute atomic E-state index is 12.6. The SMILES string of the molecule is O=C(COc1ccc2c3c(c(=O)oc2c1)CCCC3)NCC(=O)N1CC[C@]2(O)CCCC[C@@H]2C1. The molecule has 3 aliphatic rings. The van der Waals surface area contributed by atoms with E-state index in [1.54, 1.807) is 17.0 Å². The average molecular weight is 469 g/mol. The van der Waals surface area contributed by atoms with Gasteiger partial charge in [-0.1, -0.05) is 12.8 Å². The van der Waals surface area contributed by atoms with Crippen LogP contribution in [0.15, 0.2) is 27.4 Å². The molecule has 1 aliphatic heterocycles. The fraction of sp³-hybridized carbons (Fsp3) is 0.577. The molecule has 182 valence electrons. The van der Waals surface area contributed by atoms with Crippen molar-refractivity contribution >= 4 is 22.8 Å². The first-order chi connectivity index (χ1) is 16.4. The molecule has 1 aromatic carbocycles. The lowest BCUT2D eigenvalue weighted by Gasteiger charge is -2.47. The minimum absolute atomic E-state index is 0.0912. The summed E-state index contributed by atoms with van der Waals surface area (Å²) in [6.07, 6.45) is 8.16. The van der Waals surface area contributed by atoms with Crippen molar-refractivity contribution < 1.29 is 23.8 Å². The van der Waals surface area contributed by atoms with Crippen molar-refractivity contribution in [2.24, 2.45) is 5.92 Å². The van der Waals surface area contributed by atoms with Crippen molar-refractivity contribution in [2.45, 2.75) is 63.4 Å². The molecule has 8 nitrogen and oxygen atoms in total. The monoisotopic (exact) mass is 468 g/mol. The van der Waals surface area contributed by atoms with Gasteiger partial charge in [-0.05, 0) is 62.6 Å². The number of piperidine rings is 1. The summed E-state index contributed by atoms with van der Waals surface area (Å²) in [5, 5.41) is 14.3. The minimum atomic E-state index is -0.635. The van der Waals surface area contributed by atoms with Crippen LogP contribution in [0, 0.1) is 5.92 Å². The van der Waals surface area contributed by atoms with Gasteiger partial charge < -0.3 is 24.5 Å². The van der Waals surface area contributed by atoms with Gasteiger partial charge in [-0.15, -0.1) is 0 Å². The van der Waals surface area contributed by atoms with E-state index in [9.17, 15) is 19.5 Å². The third-order valence-electron chi connectivity index (χ3n) is 7.78. The molecule has 1 saturated carbocycles. The molecule has 34 heavy (non-hydrogen) atoms. The maximum atomic E-state index is 12.6. The molecule has 2 amide bonds. The zero-order chi connectivity index (χ0) is 23.7. The zero-order valence-electron chi connectivity index (χ0n) is 19.4. The predicted octanol–water partition coefficient (Wildman–Crippen LogP) is 2.32. The van der Waals surface area contributed by atoms with Crippen LogP contribution in [0.1, 0.15) is 56.1 Å². The van der Waals surface area contributed by atoms with E-state index >= 15 is 0 Å². The second-order valence-corrected chi connectivity index (χ2v) is 9.91. The van der Waals surface area contributed by atoms with Gasteiger partial charge in [-0.25, -0.2) is 4.79 Å². The highest BCUT2D eigenvalue weighted by atomic mass is 16.5. The number of likely N-dealkylation sites (tertiary alicyclic amines) is 1. The van der Waals surface area contributed by atoms with E-state index in [0.717, 1.165) is 67.9 Å². The van der Waals surface area contributed by atoms with E-state index in [-0.39, 0.29) is 30.6 Å². The summed E-state index contributed by atoms with van der Waals surface area (Å²) in [4.78, 5) is 38.9. The van der Waals surface area contributed by atoms with Crippen molar-refractivity contribution in [1.82, 2.24) is 10.2 Å². The fourth-order valence-electron chi connectivity index (χ4n) is 5.80. The lowest BCUT2D eigenvalue weighted by Crippen LogP contribution is -2.56. The number of nitrogens with one attached hydrogen (secondary N) is 1. The molecule has 2 heterocycles. The topological polar surface area (TPSA) is 109 Å². The number of nitrogens with zero attached hydrogens (tertiary/aromatic N) is 1. The number of rotatable bonds is 5.